The van der Waals surface area contributed by atoms with Crippen molar-refractivity contribution >= 4 is 35.1 Å². The zero-order valence-corrected chi connectivity index (χ0v) is 20.6. The molecule has 2 radical (unpaired) electrons. The van der Waals surface area contributed by atoms with Gasteiger partial charge in [-0.15, -0.1) is 0 Å². The van der Waals surface area contributed by atoms with Crippen LogP contribution in [-0.2, 0) is 0 Å². The van der Waals surface area contributed by atoms with Crippen LogP contribution >= 0.6 is 0 Å². The van der Waals surface area contributed by atoms with E-state index in [2.05, 4.69) is 77.4 Å². The van der Waals surface area contributed by atoms with Crippen molar-refractivity contribution in [2.24, 2.45) is 0 Å². The Bertz CT molecular complexity index is 1850. The smallest absolute Gasteiger partial charge is 0.160 e. The molecule has 0 fully saturated rings. The topological polar surface area (TPSA) is 30.7 Å². The highest BCUT2D eigenvalue weighted by Crippen LogP contribution is 2.33. The van der Waals surface area contributed by atoms with Crippen molar-refractivity contribution in [3.63, 3.8) is 0 Å². The molecule has 4 heteroatoms. The van der Waals surface area contributed by atoms with Crippen LogP contribution < -0.4 is 5.46 Å². The first-order chi connectivity index (χ1) is 18.7. The summed E-state index contributed by atoms with van der Waals surface area (Å²) in [6, 6.07) is 45.6. The van der Waals surface area contributed by atoms with Gasteiger partial charge < -0.3 is 4.57 Å². The Hall–Kier alpha value is -4.96. The number of hydrogen-bond acceptors (Lipinski definition) is 2. The van der Waals surface area contributed by atoms with Gasteiger partial charge in [-0.1, -0.05) is 109 Å². The molecule has 5 aromatic carbocycles. The maximum Gasteiger partial charge on any atom is 0.160 e. The molecule has 0 N–H and O–H groups in total. The van der Waals surface area contributed by atoms with Crippen molar-refractivity contribution in [1.82, 2.24) is 14.5 Å². The summed E-state index contributed by atoms with van der Waals surface area (Å²) in [7, 11) is 6.19. The van der Waals surface area contributed by atoms with Gasteiger partial charge >= 0.3 is 0 Å². The van der Waals surface area contributed by atoms with Gasteiger partial charge in [0.2, 0.25) is 0 Å². The summed E-state index contributed by atoms with van der Waals surface area (Å²) < 4.78 is 2.27. The van der Waals surface area contributed by atoms with Crippen LogP contribution in [0.25, 0.3) is 61.4 Å². The Balaban J connectivity index is 1.37. The van der Waals surface area contributed by atoms with Crippen molar-refractivity contribution in [2.75, 3.05) is 0 Å². The van der Waals surface area contributed by atoms with E-state index in [0.29, 0.717) is 5.82 Å². The molecule has 0 saturated heterocycles. The predicted molar refractivity (Wildman–Crippen MR) is 158 cm³/mol. The lowest BCUT2D eigenvalue weighted by molar-refractivity contribution is 1.17. The van der Waals surface area contributed by atoms with Crippen LogP contribution in [0.2, 0.25) is 0 Å². The first-order valence-corrected chi connectivity index (χ1v) is 12.6. The molecular weight excluding hydrogens is 461 g/mol. The van der Waals surface area contributed by atoms with Crippen LogP contribution in [0.1, 0.15) is 0 Å². The van der Waals surface area contributed by atoms with E-state index in [-0.39, 0.29) is 0 Å². The van der Waals surface area contributed by atoms with Crippen molar-refractivity contribution in [3.8, 4) is 39.6 Å². The Labute approximate surface area is 222 Å². The Morgan fingerprint density at radius 2 is 1.05 bits per heavy atom. The third kappa shape index (κ3) is 3.87. The number of hydrogen-bond donors (Lipinski definition) is 0. The largest absolute Gasteiger partial charge is 0.309 e. The summed E-state index contributed by atoms with van der Waals surface area (Å²) in [5.41, 5.74) is 8.95. The van der Waals surface area contributed by atoms with Crippen molar-refractivity contribution in [3.05, 3.63) is 133 Å². The highest BCUT2D eigenvalue weighted by atomic mass is 15.0. The second-order valence-electron chi connectivity index (χ2n) is 9.37. The molecule has 7 rings (SSSR count). The Kier molecular flexibility index (Phi) is 5.37. The highest BCUT2D eigenvalue weighted by molar-refractivity contribution is 6.33. The molecule has 0 aliphatic carbocycles. The summed E-state index contributed by atoms with van der Waals surface area (Å²) in [4.78, 5) is 9.88. The molecule has 0 aliphatic heterocycles. The lowest BCUT2D eigenvalue weighted by atomic mass is 9.95. The highest BCUT2D eigenvalue weighted by Gasteiger charge is 2.14. The second kappa shape index (κ2) is 9.17. The first kappa shape index (κ1) is 22.3. The average Bonchev–Trinajstić information content (AvgIpc) is 3.31. The Morgan fingerprint density at radius 3 is 1.76 bits per heavy atom. The lowest BCUT2D eigenvalue weighted by Crippen LogP contribution is -2.02. The molecule has 0 bridgehead atoms. The maximum absolute atomic E-state index is 6.19. The molecule has 3 nitrogen and oxygen atoms in total. The average molecular weight is 483 g/mol. The van der Waals surface area contributed by atoms with Crippen LogP contribution in [-0.4, -0.2) is 22.4 Å². The minimum absolute atomic E-state index is 0.712. The molecule has 176 valence electrons. The van der Waals surface area contributed by atoms with E-state index in [4.69, 9.17) is 17.8 Å². The van der Waals surface area contributed by atoms with Crippen molar-refractivity contribution in [2.45, 2.75) is 0 Å². The first-order valence-electron chi connectivity index (χ1n) is 12.6. The fraction of sp³-hybridized carbons (Fsp3) is 0. The van der Waals surface area contributed by atoms with Crippen LogP contribution in [0.3, 0.4) is 0 Å². The molecule has 2 heterocycles. The van der Waals surface area contributed by atoms with E-state index >= 15 is 0 Å². The number of aromatic nitrogens is 3. The molecule has 2 aromatic heterocycles. The summed E-state index contributed by atoms with van der Waals surface area (Å²) in [6.45, 7) is 0. The number of benzene rings is 5. The van der Waals surface area contributed by atoms with E-state index in [1.54, 1.807) is 0 Å². The van der Waals surface area contributed by atoms with Gasteiger partial charge in [0.15, 0.2) is 5.82 Å². The normalized spacial score (nSPS) is 11.3. The van der Waals surface area contributed by atoms with Gasteiger partial charge in [0, 0.05) is 33.2 Å². The summed E-state index contributed by atoms with van der Waals surface area (Å²) in [5.74, 6) is 0.712. The van der Waals surface area contributed by atoms with E-state index in [0.717, 1.165) is 50.3 Å². The van der Waals surface area contributed by atoms with E-state index in [9.17, 15) is 0 Å². The van der Waals surface area contributed by atoms with Gasteiger partial charge in [-0.3, -0.25) is 0 Å². The number of nitrogens with zero attached hydrogens (tertiary/aromatic N) is 3. The molecule has 0 unspecified atom stereocenters. The number of rotatable bonds is 4. The monoisotopic (exact) mass is 483 g/mol. The van der Waals surface area contributed by atoms with E-state index in [1.807, 2.05) is 60.7 Å². The summed E-state index contributed by atoms with van der Waals surface area (Å²) >= 11 is 0. The zero-order valence-electron chi connectivity index (χ0n) is 20.6. The molecule has 7 aromatic rings. The van der Waals surface area contributed by atoms with Gasteiger partial charge in [0.1, 0.15) is 7.85 Å². The molecule has 0 amide bonds. The fourth-order valence-electron chi connectivity index (χ4n) is 5.12. The van der Waals surface area contributed by atoms with Gasteiger partial charge in [0.25, 0.3) is 0 Å². The standard InChI is InChI=1S/C34H22BN3/c35-26-17-20-29-28-13-7-8-14-32(28)38(33(29)21-26)27-18-15-24(16-19-27)31-22-30(23-9-3-1-4-10-23)36-34(37-31)25-11-5-2-6-12-25/h1-22H. The van der Waals surface area contributed by atoms with Crippen LogP contribution in [0.15, 0.2) is 133 Å². The lowest BCUT2D eigenvalue weighted by Gasteiger charge is -2.11. The van der Waals surface area contributed by atoms with E-state index in [1.165, 1.54) is 10.8 Å². The molecule has 38 heavy (non-hydrogen) atoms. The van der Waals surface area contributed by atoms with Gasteiger partial charge in [0.05, 0.1) is 22.4 Å². The van der Waals surface area contributed by atoms with Crippen LogP contribution in [0, 0.1) is 0 Å². The van der Waals surface area contributed by atoms with Gasteiger partial charge in [-0.05, 0) is 30.3 Å². The molecular formula is C34H22BN3. The maximum atomic E-state index is 6.19. The molecule has 0 spiro atoms. The van der Waals surface area contributed by atoms with Crippen LogP contribution in [0.5, 0.6) is 0 Å². The number of para-hydroxylation sites is 1. The third-order valence-electron chi connectivity index (χ3n) is 6.95. The van der Waals surface area contributed by atoms with Crippen molar-refractivity contribution in [1.29, 1.82) is 0 Å². The summed E-state index contributed by atoms with van der Waals surface area (Å²) in [5, 5.41) is 2.40. The van der Waals surface area contributed by atoms with Gasteiger partial charge in [-0.25, -0.2) is 9.97 Å². The SMILES string of the molecule is [B]c1ccc2c3ccccc3n(-c3ccc(-c4cc(-c5ccccc5)nc(-c5ccccc5)n4)cc3)c2c1. The molecule has 0 atom stereocenters. The Morgan fingerprint density at radius 1 is 0.474 bits per heavy atom. The molecule has 0 saturated carbocycles. The fourth-order valence-corrected chi connectivity index (χ4v) is 5.12. The summed E-state index contributed by atoms with van der Waals surface area (Å²) in [6.07, 6.45) is 0. The van der Waals surface area contributed by atoms with Gasteiger partial charge in [-0.2, -0.15) is 0 Å². The minimum Gasteiger partial charge on any atom is -0.309 e. The van der Waals surface area contributed by atoms with Crippen LogP contribution in [0.4, 0.5) is 0 Å². The second-order valence-corrected chi connectivity index (χ2v) is 9.37. The number of fused-ring (bicyclic) bond motifs is 3. The van der Waals surface area contributed by atoms with Crippen molar-refractivity contribution < 1.29 is 0 Å². The third-order valence-corrected chi connectivity index (χ3v) is 6.95. The zero-order chi connectivity index (χ0) is 25.5. The predicted octanol–water partition coefficient (Wildman–Crippen LogP) is 7.37. The van der Waals surface area contributed by atoms with E-state index < -0.39 is 0 Å². The quantitative estimate of drug-likeness (QED) is 0.245. The minimum atomic E-state index is 0.712. The molecule has 0 aliphatic rings.